The van der Waals surface area contributed by atoms with Crippen LogP contribution in [0.1, 0.15) is 25.7 Å². The fraction of sp³-hybridized carbons (Fsp3) is 0.778. The Kier molecular flexibility index (Phi) is 3.88. The third kappa shape index (κ3) is 3.74. The molecule has 2 unspecified atom stereocenters. The lowest BCUT2D eigenvalue weighted by Crippen LogP contribution is -2.30. The van der Waals surface area contributed by atoms with Gasteiger partial charge in [-0.25, -0.2) is 0 Å². The number of carbonyl (C=O) groups excluding carboxylic acids is 1. The number of aliphatic hydroxyl groups excluding tert-OH is 1. The minimum Gasteiger partial charge on any atom is -0.481 e. The summed E-state index contributed by atoms with van der Waals surface area (Å²) in [6.07, 6.45) is 1.65. The number of carboxylic acids is 1. The van der Waals surface area contributed by atoms with Gasteiger partial charge in [0.1, 0.15) is 6.42 Å². The van der Waals surface area contributed by atoms with Crippen LogP contribution in [0.4, 0.5) is 0 Å². The Morgan fingerprint density at radius 2 is 2.07 bits per heavy atom. The Hall–Kier alpha value is -1.10. The van der Waals surface area contributed by atoms with Crippen LogP contribution in [0.15, 0.2) is 0 Å². The topological polar surface area (TPSA) is 86.6 Å². The lowest BCUT2D eigenvalue weighted by Gasteiger charge is -2.09. The molecule has 1 aliphatic rings. The van der Waals surface area contributed by atoms with E-state index >= 15 is 0 Å². The maximum atomic E-state index is 10.9. The minimum atomic E-state index is -1.12. The summed E-state index contributed by atoms with van der Waals surface area (Å²) >= 11 is 0. The zero-order valence-electron chi connectivity index (χ0n) is 7.90. The Bertz CT molecular complexity index is 229. The van der Waals surface area contributed by atoms with E-state index < -0.39 is 18.3 Å². The van der Waals surface area contributed by atoms with E-state index in [2.05, 4.69) is 5.32 Å². The van der Waals surface area contributed by atoms with Crippen molar-refractivity contribution in [1.82, 2.24) is 5.32 Å². The highest BCUT2D eigenvalue weighted by Crippen LogP contribution is 2.24. The number of carbonyl (C=O) groups is 2. The number of carboxylic acid groups (broad SMARTS) is 1. The summed E-state index contributed by atoms with van der Waals surface area (Å²) in [6, 6.07) is 0. The Labute approximate surface area is 82.1 Å². The number of nitrogens with one attached hydrogen (secondary N) is 1. The molecule has 0 aromatic heterocycles. The molecule has 1 saturated carbocycles. The van der Waals surface area contributed by atoms with Gasteiger partial charge in [0.2, 0.25) is 5.91 Å². The van der Waals surface area contributed by atoms with Crippen molar-refractivity contribution in [3.63, 3.8) is 0 Å². The molecular formula is C9H15NO4. The summed E-state index contributed by atoms with van der Waals surface area (Å²) in [7, 11) is 0. The molecule has 0 saturated heterocycles. The number of hydrogen-bond donors (Lipinski definition) is 3. The number of hydrogen-bond acceptors (Lipinski definition) is 3. The van der Waals surface area contributed by atoms with Gasteiger partial charge in [0.05, 0.1) is 6.10 Å². The second kappa shape index (κ2) is 4.95. The quantitative estimate of drug-likeness (QED) is 0.547. The lowest BCUT2D eigenvalue weighted by atomic mass is 10.1. The van der Waals surface area contributed by atoms with Gasteiger partial charge >= 0.3 is 5.97 Å². The van der Waals surface area contributed by atoms with E-state index in [0.29, 0.717) is 18.9 Å². The molecule has 5 heteroatoms. The summed E-state index contributed by atoms with van der Waals surface area (Å²) in [6.45, 7) is 0.475. The van der Waals surface area contributed by atoms with Crippen LogP contribution in [0.2, 0.25) is 0 Å². The van der Waals surface area contributed by atoms with Crippen molar-refractivity contribution in [3.05, 3.63) is 0 Å². The van der Waals surface area contributed by atoms with Crippen molar-refractivity contribution in [3.8, 4) is 0 Å². The molecule has 0 aromatic carbocycles. The number of aliphatic hydroxyl groups is 1. The van der Waals surface area contributed by atoms with Crippen LogP contribution < -0.4 is 5.32 Å². The van der Waals surface area contributed by atoms with E-state index in [0.717, 1.165) is 12.8 Å². The fourth-order valence-corrected chi connectivity index (χ4v) is 1.69. The molecule has 0 spiro atoms. The normalized spacial score (nSPS) is 26.1. The zero-order chi connectivity index (χ0) is 10.6. The van der Waals surface area contributed by atoms with Gasteiger partial charge in [-0.3, -0.25) is 9.59 Å². The van der Waals surface area contributed by atoms with E-state index in [4.69, 9.17) is 5.11 Å². The zero-order valence-corrected chi connectivity index (χ0v) is 7.90. The Morgan fingerprint density at radius 3 is 2.57 bits per heavy atom. The van der Waals surface area contributed by atoms with Crippen molar-refractivity contribution >= 4 is 11.9 Å². The Morgan fingerprint density at radius 1 is 1.36 bits per heavy atom. The standard InChI is InChI=1S/C9H15NO4/c11-7-2-1-6(3-7)5-10-8(12)4-9(13)14/h6-7,11H,1-5H2,(H,10,12)(H,13,14). The van der Waals surface area contributed by atoms with Gasteiger partial charge in [-0.1, -0.05) is 0 Å². The van der Waals surface area contributed by atoms with Crippen LogP contribution in [0.25, 0.3) is 0 Å². The fourth-order valence-electron chi connectivity index (χ4n) is 1.69. The highest BCUT2D eigenvalue weighted by atomic mass is 16.4. The summed E-state index contributed by atoms with van der Waals surface area (Å²) in [5.74, 6) is -1.28. The van der Waals surface area contributed by atoms with Crippen LogP contribution >= 0.6 is 0 Å². The van der Waals surface area contributed by atoms with Crippen molar-refractivity contribution in [2.45, 2.75) is 31.8 Å². The number of amides is 1. The summed E-state index contributed by atoms with van der Waals surface area (Å²) in [5.41, 5.74) is 0. The van der Waals surface area contributed by atoms with Crippen LogP contribution in [0, 0.1) is 5.92 Å². The van der Waals surface area contributed by atoms with Crippen LogP contribution in [-0.4, -0.2) is 34.7 Å². The van der Waals surface area contributed by atoms with Gasteiger partial charge < -0.3 is 15.5 Å². The Balaban J connectivity index is 2.14. The van der Waals surface area contributed by atoms with Crippen LogP contribution in [0.5, 0.6) is 0 Å². The molecule has 80 valence electrons. The first-order valence-electron chi connectivity index (χ1n) is 4.74. The molecule has 1 fully saturated rings. The SMILES string of the molecule is O=C(O)CC(=O)NCC1CCC(O)C1. The molecule has 0 aliphatic heterocycles. The van der Waals surface area contributed by atoms with E-state index in [-0.39, 0.29) is 6.10 Å². The van der Waals surface area contributed by atoms with Gasteiger partial charge in [-0.05, 0) is 25.2 Å². The third-order valence-electron chi connectivity index (χ3n) is 2.41. The molecule has 2 atom stereocenters. The predicted octanol–water partition coefficient (Wildman–Crippen LogP) is -0.262. The molecule has 3 N–H and O–H groups in total. The average Bonchev–Trinajstić information content (AvgIpc) is 2.47. The van der Waals surface area contributed by atoms with Crippen LogP contribution in [-0.2, 0) is 9.59 Å². The van der Waals surface area contributed by atoms with Crippen molar-refractivity contribution in [2.75, 3.05) is 6.54 Å². The molecule has 1 aliphatic carbocycles. The smallest absolute Gasteiger partial charge is 0.312 e. The van der Waals surface area contributed by atoms with Crippen molar-refractivity contribution in [2.24, 2.45) is 5.92 Å². The number of rotatable bonds is 4. The van der Waals surface area contributed by atoms with E-state index in [9.17, 15) is 14.7 Å². The molecule has 0 radical (unpaired) electrons. The predicted molar refractivity (Wildman–Crippen MR) is 48.6 cm³/mol. The second-order valence-electron chi connectivity index (χ2n) is 3.71. The first-order valence-corrected chi connectivity index (χ1v) is 4.74. The van der Waals surface area contributed by atoms with Gasteiger partial charge in [0.15, 0.2) is 0 Å². The van der Waals surface area contributed by atoms with Crippen LogP contribution in [0.3, 0.4) is 0 Å². The summed E-state index contributed by atoms with van der Waals surface area (Å²) in [4.78, 5) is 21.1. The molecule has 1 rings (SSSR count). The molecular weight excluding hydrogens is 186 g/mol. The molecule has 5 nitrogen and oxygen atoms in total. The van der Waals surface area contributed by atoms with Crippen molar-refractivity contribution in [1.29, 1.82) is 0 Å². The molecule has 14 heavy (non-hydrogen) atoms. The lowest BCUT2D eigenvalue weighted by molar-refractivity contribution is -0.140. The molecule has 0 bridgehead atoms. The van der Waals surface area contributed by atoms with Gasteiger partial charge in [0, 0.05) is 6.54 Å². The average molecular weight is 201 g/mol. The largest absolute Gasteiger partial charge is 0.481 e. The highest BCUT2D eigenvalue weighted by molar-refractivity contribution is 5.93. The van der Waals surface area contributed by atoms with E-state index in [1.54, 1.807) is 0 Å². The monoisotopic (exact) mass is 201 g/mol. The molecule has 0 aromatic rings. The van der Waals surface area contributed by atoms with Gasteiger partial charge in [0.25, 0.3) is 0 Å². The minimum absolute atomic E-state index is 0.253. The van der Waals surface area contributed by atoms with E-state index in [1.165, 1.54) is 0 Å². The third-order valence-corrected chi connectivity index (χ3v) is 2.41. The maximum Gasteiger partial charge on any atom is 0.312 e. The first-order chi connectivity index (χ1) is 6.58. The first kappa shape index (κ1) is 11.0. The van der Waals surface area contributed by atoms with Crippen molar-refractivity contribution < 1.29 is 19.8 Å². The highest BCUT2D eigenvalue weighted by Gasteiger charge is 2.23. The molecule has 1 amide bonds. The van der Waals surface area contributed by atoms with Gasteiger partial charge in [-0.2, -0.15) is 0 Å². The van der Waals surface area contributed by atoms with E-state index in [1.807, 2.05) is 0 Å². The summed E-state index contributed by atoms with van der Waals surface area (Å²) < 4.78 is 0. The molecule has 0 heterocycles. The van der Waals surface area contributed by atoms with Gasteiger partial charge in [-0.15, -0.1) is 0 Å². The maximum absolute atomic E-state index is 10.9. The second-order valence-corrected chi connectivity index (χ2v) is 3.71. The number of aliphatic carboxylic acids is 1. The summed E-state index contributed by atoms with van der Waals surface area (Å²) in [5, 5.41) is 20.1.